The molecule has 7 nitrogen and oxygen atoms in total. The molecular weight excluding hydrogens is 410 g/mol. The van der Waals surface area contributed by atoms with E-state index in [9.17, 15) is 19.8 Å². The van der Waals surface area contributed by atoms with Gasteiger partial charge in [-0.15, -0.1) is 0 Å². The number of hydrogen-bond acceptors (Lipinski definition) is 7. The third-order valence-corrected chi connectivity index (χ3v) is 5.78. The summed E-state index contributed by atoms with van der Waals surface area (Å²) in [5.74, 6) is -1.78. The highest BCUT2D eigenvalue weighted by molar-refractivity contribution is 5.89. The first kappa shape index (κ1) is 28.3. The second-order valence-corrected chi connectivity index (χ2v) is 8.76. The van der Waals surface area contributed by atoms with Crippen molar-refractivity contribution in [1.82, 2.24) is 5.32 Å². The maximum atomic E-state index is 11.9. The van der Waals surface area contributed by atoms with Crippen LogP contribution in [0, 0.1) is 0 Å². The maximum Gasteiger partial charge on any atom is 0.376 e. The highest BCUT2D eigenvalue weighted by Gasteiger charge is 2.39. The highest BCUT2D eigenvalue weighted by Crippen LogP contribution is 2.22. The summed E-state index contributed by atoms with van der Waals surface area (Å²) in [7, 11) is 0. The Labute approximate surface area is 193 Å². The van der Waals surface area contributed by atoms with E-state index in [2.05, 4.69) is 12.2 Å². The number of nitrogens with one attached hydrogen (secondary N) is 1. The molecule has 3 N–H and O–H groups in total. The smallest absolute Gasteiger partial charge is 0.376 e. The van der Waals surface area contributed by atoms with E-state index < -0.39 is 23.9 Å². The lowest BCUT2D eigenvalue weighted by Gasteiger charge is -2.20. The predicted molar refractivity (Wildman–Crippen MR) is 125 cm³/mol. The van der Waals surface area contributed by atoms with Crippen molar-refractivity contribution in [2.75, 3.05) is 13.2 Å². The Bertz CT molecular complexity index is 563. The van der Waals surface area contributed by atoms with Crippen LogP contribution in [0.5, 0.6) is 0 Å². The van der Waals surface area contributed by atoms with Crippen LogP contribution >= 0.6 is 0 Å². The number of carbonyl (C=O) groups is 2. The Kier molecular flexibility index (Phi) is 15.7. The Morgan fingerprint density at radius 3 is 2.00 bits per heavy atom. The van der Waals surface area contributed by atoms with Gasteiger partial charge in [0.1, 0.15) is 18.4 Å². The Morgan fingerprint density at radius 1 is 0.938 bits per heavy atom. The second-order valence-electron chi connectivity index (χ2n) is 8.76. The van der Waals surface area contributed by atoms with Crippen molar-refractivity contribution < 1.29 is 29.3 Å². The average Bonchev–Trinajstić information content (AvgIpc) is 3.07. The average molecular weight is 456 g/mol. The van der Waals surface area contributed by atoms with Crippen LogP contribution in [0.25, 0.3) is 0 Å². The number of aliphatic hydroxyl groups is 2. The fraction of sp³-hybridized carbons (Fsp3) is 0.840. The third-order valence-electron chi connectivity index (χ3n) is 5.78. The van der Waals surface area contributed by atoms with E-state index in [1.807, 2.05) is 6.92 Å². The summed E-state index contributed by atoms with van der Waals surface area (Å²) in [5.41, 5.74) is 0.150. The lowest BCUT2D eigenvalue weighted by molar-refractivity contribution is -0.153. The fourth-order valence-electron chi connectivity index (χ4n) is 3.81. The third kappa shape index (κ3) is 11.7. The first-order valence-corrected chi connectivity index (χ1v) is 12.7. The van der Waals surface area contributed by atoms with Crippen molar-refractivity contribution >= 4 is 11.9 Å². The molecule has 0 bridgehead atoms. The van der Waals surface area contributed by atoms with Crippen LogP contribution < -0.4 is 5.32 Å². The molecule has 0 unspecified atom stereocenters. The minimum atomic E-state index is -1.22. The van der Waals surface area contributed by atoms with Gasteiger partial charge < -0.3 is 25.0 Å². The quantitative estimate of drug-likeness (QED) is 0.174. The van der Waals surface area contributed by atoms with Crippen LogP contribution in [-0.2, 0) is 19.1 Å². The summed E-state index contributed by atoms with van der Waals surface area (Å²) < 4.78 is 10.1. The van der Waals surface area contributed by atoms with Crippen LogP contribution in [0.4, 0.5) is 0 Å². The molecule has 7 heteroatoms. The Morgan fingerprint density at radius 2 is 1.47 bits per heavy atom. The van der Waals surface area contributed by atoms with Gasteiger partial charge in [-0.2, -0.15) is 0 Å². The fourth-order valence-corrected chi connectivity index (χ4v) is 3.81. The van der Waals surface area contributed by atoms with Crippen LogP contribution in [0.1, 0.15) is 110 Å². The lowest BCUT2D eigenvalue weighted by Crippen LogP contribution is -2.37. The van der Waals surface area contributed by atoms with Gasteiger partial charge in [0.25, 0.3) is 0 Å². The summed E-state index contributed by atoms with van der Waals surface area (Å²) in [4.78, 5) is 23.5. The zero-order chi connectivity index (χ0) is 23.6. The van der Waals surface area contributed by atoms with Gasteiger partial charge in [0.15, 0.2) is 6.10 Å². The van der Waals surface area contributed by atoms with Crippen molar-refractivity contribution in [3.8, 4) is 0 Å². The van der Waals surface area contributed by atoms with E-state index in [1.54, 1.807) is 0 Å². The number of unbranched alkanes of at least 4 members (excludes halogenated alkanes) is 12. The van der Waals surface area contributed by atoms with E-state index in [0.29, 0.717) is 13.0 Å². The molecule has 1 aliphatic rings. The van der Waals surface area contributed by atoms with Gasteiger partial charge in [-0.3, -0.25) is 4.79 Å². The number of esters is 2. The lowest BCUT2D eigenvalue weighted by atomic mass is 10.0. The van der Waals surface area contributed by atoms with Crippen molar-refractivity contribution in [3.63, 3.8) is 0 Å². The van der Waals surface area contributed by atoms with Crippen molar-refractivity contribution in [1.29, 1.82) is 0 Å². The largest absolute Gasteiger partial charge is 0.501 e. The van der Waals surface area contributed by atoms with E-state index in [0.717, 1.165) is 25.7 Å². The van der Waals surface area contributed by atoms with Crippen LogP contribution in [-0.4, -0.2) is 47.5 Å². The molecule has 0 fully saturated rings. The zero-order valence-corrected chi connectivity index (χ0v) is 20.2. The molecular formula is C25H45NO6. The number of ether oxygens (including phenoxy) is 2. The summed E-state index contributed by atoms with van der Waals surface area (Å²) in [6.07, 6.45) is 15.0. The summed E-state index contributed by atoms with van der Waals surface area (Å²) in [6.45, 7) is 4.43. The standard InChI is InChI=1S/C25H45NO6/c1-3-5-6-7-8-9-10-11-12-13-14-15-16-17-21(28)31-19-20(27)24-22(26-18-4-2)23(29)25(30)32-24/h20,24,26-27,29H,3-19H2,1-2H3/t20-,24+/m0/s1. The molecule has 0 aromatic heterocycles. The number of rotatable bonds is 20. The minimum absolute atomic E-state index is 0.150. The molecule has 1 aliphatic heterocycles. The van der Waals surface area contributed by atoms with Crippen molar-refractivity contribution in [2.24, 2.45) is 0 Å². The molecule has 1 heterocycles. The summed E-state index contributed by atoms with van der Waals surface area (Å²) in [5, 5.41) is 22.9. The van der Waals surface area contributed by atoms with Gasteiger partial charge in [-0.1, -0.05) is 90.9 Å². The topological polar surface area (TPSA) is 105 Å². The first-order valence-electron chi connectivity index (χ1n) is 12.7. The molecule has 0 saturated carbocycles. The number of aliphatic hydroxyl groups excluding tert-OH is 2. The predicted octanol–water partition coefficient (Wildman–Crippen LogP) is 5.07. The molecule has 0 aliphatic carbocycles. The molecule has 0 amide bonds. The summed E-state index contributed by atoms with van der Waals surface area (Å²) in [6, 6.07) is 0. The van der Waals surface area contributed by atoms with E-state index >= 15 is 0 Å². The van der Waals surface area contributed by atoms with E-state index in [4.69, 9.17) is 9.47 Å². The summed E-state index contributed by atoms with van der Waals surface area (Å²) >= 11 is 0. The van der Waals surface area contributed by atoms with E-state index in [-0.39, 0.29) is 18.3 Å². The van der Waals surface area contributed by atoms with Gasteiger partial charge in [0.05, 0.1) is 0 Å². The first-order chi connectivity index (χ1) is 15.5. The molecule has 32 heavy (non-hydrogen) atoms. The maximum absolute atomic E-state index is 11.9. The van der Waals surface area contributed by atoms with Crippen molar-refractivity contribution in [2.45, 2.75) is 122 Å². The minimum Gasteiger partial charge on any atom is -0.501 e. The van der Waals surface area contributed by atoms with Crippen molar-refractivity contribution in [3.05, 3.63) is 11.5 Å². The molecule has 0 spiro atoms. The monoisotopic (exact) mass is 455 g/mol. The molecule has 0 saturated heterocycles. The molecule has 2 atom stereocenters. The Hall–Kier alpha value is -1.76. The highest BCUT2D eigenvalue weighted by atomic mass is 16.6. The van der Waals surface area contributed by atoms with Crippen LogP contribution in [0.2, 0.25) is 0 Å². The van der Waals surface area contributed by atoms with Gasteiger partial charge in [0.2, 0.25) is 5.76 Å². The molecule has 186 valence electrons. The molecule has 0 aromatic rings. The van der Waals surface area contributed by atoms with Gasteiger partial charge in [-0.25, -0.2) is 4.79 Å². The van der Waals surface area contributed by atoms with Crippen LogP contribution in [0.3, 0.4) is 0 Å². The van der Waals surface area contributed by atoms with Gasteiger partial charge >= 0.3 is 11.9 Å². The normalized spacial score (nSPS) is 16.8. The molecule has 1 rings (SSSR count). The SMILES string of the molecule is CCCCCCCCCCCCCCCC(=O)OC[C@H](O)[C@H]1OC(=O)C(O)=C1NCCC. The van der Waals surface area contributed by atoms with Gasteiger partial charge in [-0.05, 0) is 12.8 Å². The number of hydrogen-bond donors (Lipinski definition) is 3. The number of carbonyl (C=O) groups excluding carboxylic acids is 2. The number of cyclic esters (lactones) is 1. The van der Waals surface area contributed by atoms with Crippen LogP contribution in [0.15, 0.2) is 11.5 Å². The zero-order valence-electron chi connectivity index (χ0n) is 20.2. The molecule has 0 aromatic carbocycles. The van der Waals surface area contributed by atoms with E-state index in [1.165, 1.54) is 64.2 Å². The Balaban J connectivity index is 2.04. The van der Waals surface area contributed by atoms with Gasteiger partial charge in [0, 0.05) is 13.0 Å². The second kappa shape index (κ2) is 17.8. The molecule has 0 radical (unpaired) electrons.